The van der Waals surface area contributed by atoms with Gasteiger partial charge in [-0.05, 0) is 31.3 Å². The van der Waals surface area contributed by atoms with Crippen molar-refractivity contribution in [2.45, 2.75) is 45.1 Å². The summed E-state index contributed by atoms with van der Waals surface area (Å²) < 4.78 is 27.1. The Balaban J connectivity index is 3.13. The van der Waals surface area contributed by atoms with Crippen molar-refractivity contribution in [3.8, 4) is 0 Å². The van der Waals surface area contributed by atoms with Crippen molar-refractivity contribution >= 4 is 21.4 Å². The Morgan fingerprint density at radius 1 is 1.37 bits per heavy atom. The molecule has 0 saturated heterocycles. The lowest BCUT2D eigenvalue weighted by molar-refractivity contribution is 0.418. The number of nitrogens with one attached hydrogen (secondary N) is 1. The third-order valence-corrected chi connectivity index (χ3v) is 6.48. The molecular formula is C13H24N2O2S2. The highest BCUT2D eigenvalue weighted by Gasteiger charge is 2.28. The standard InChI is InChI=1S/C13H24N2O2S2/c1-5-7-8-15(6-2)19(16,17)13-11(3)10-18-12(13)9-14-4/h10,14H,5-9H2,1-4H3. The van der Waals surface area contributed by atoms with Crippen LogP contribution in [0.15, 0.2) is 10.3 Å². The van der Waals surface area contributed by atoms with Gasteiger partial charge in [0.15, 0.2) is 0 Å². The predicted octanol–water partition coefficient (Wildman–Crippen LogP) is 2.59. The first-order valence-corrected chi connectivity index (χ1v) is 9.02. The lowest BCUT2D eigenvalue weighted by Crippen LogP contribution is -2.32. The molecule has 0 spiro atoms. The SMILES string of the molecule is CCCCN(CC)S(=O)(=O)c1c(C)csc1CNC. The quantitative estimate of drug-likeness (QED) is 0.803. The van der Waals surface area contributed by atoms with Crippen molar-refractivity contribution < 1.29 is 8.42 Å². The Hall–Kier alpha value is -0.430. The second-order valence-corrected chi connectivity index (χ2v) is 7.39. The van der Waals surface area contributed by atoms with Crippen LogP contribution in [0.1, 0.15) is 37.1 Å². The average molecular weight is 304 g/mol. The molecule has 110 valence electrons. The van der Waals surface area contributed by atoms with E-state index in [1.54, 1.807) is 4.31 Å². The number of nitrogens with zero attached hydrogens (tertiary/aromatic N) is 1. The summed E-state index contributed by atoms with van der Waals surface area (Å²) in [6.07, 6.45) is 1.90. The van der Waals surface area contributed by atoms with Crippen molar-refractivity contribution in [3.63, 3.8) is 0 Å². The van der Waals surface area contributed by atoms with Crippen LogP contribution in [0.5, 0.6) is 0 Å². The maximum absolute atomic E-state index is 12.8. The van der Waals surface area contributed by atoms with Crippen LogP contribution in [-0.4, -0.2) is 32.9 Å². The van der Waals surface area contributed by atoms with E-state index in [0.717, 1.165) is 23.3 Å². The van der Waals surface area contributed by atoms with E-state index in [2.05, 4.69) is 12.2 Å². The van der Waals surface area contributed by atoms with Crippen molar-refractivity contribution in [2.24, 2.45) is 0 Å². The number of hydrogen-bond donors (Lipinski definition) is 1. The number of sulfonamides is 1. The van der Waals surface area contributed by atoms with Gasteiger partial charge in [0.1, 0.15) is 4.90 Å². The Morgan fingerprint density at radius 3 is 2.58 bits per heavy atom. The lowest BCUT2D eigenvalue weighted by Gasteiger charge is -2.21. The zero-order chi connectivity index (χ0) is 14.5. The van der Waals surface area contributed by atoms with Crippen LogP contribution in [-0.2, 0) is 16.6 Å². The minimum absolute atomic E-state index is 0.504. The minimum Gasteiger partial charge on any atom is -0.315 e. The van der Waals surface area contributed by atoms with Gasteiger partial charge in [-0.2, -0.15) is 4.31 Å². The van der Waals surface area contributed by atoms with Crippen LogP contribution in [0.2, 0.25) is 0 Å². The molecule has 0 aliphatic heterocycles. The second kappa shape index (κ2) is 7.38. The second-order valence-electron chi connectivity index (χ2n) is 4.55. The summed E-state index contributed by atoms with van der Waals surface area (Å²) in [4.78, 5) is 1.40. The monoisotopic (exact) mass is 304 g/mol. The predicted molar refractivity (Wildman–Crippen MR) is 81.2 cm³/mol. The molecule has 0 saturated carbocycles. The minimum atomic E-state index is -3.36. The zero-order valence-electron chi connectivity index (χ0n) is 12.2. The van der Waals surface area contributed by atoms with E-state index in [0.29, 0.717) is 24.5 Å². The number of aryl methyl sites for hydroxylation is 1. The first-order chi connectivity index (χ1) is 8.98. The molecule has 6 heteroatoms. The first-order valence-electron chi connectivity index (χ1n) is 6.70. The molecule has 0 aromatic carbocycles. The van der Waals surface area contributed by atoms with Crippen LogP contribution in [0, 0.1) is 6.92 Å². The molecular weight excluding hydrogens is 280 g/mol. The fourth-order valence-electron chi connectivity index (χ4n) is 2.03. The van der Waals surface area contributed by atoms with E-state index < -0.39 is 10.0 Å². The van der Waals surface area contributed by atoms with Gasteiger partial charge in [-0.1, -0.05) is 20.3 Å². The van der Waals surface area contributed by atoms with Gasteiger partial charge >= 0.3 is 0 Å². The molecule has 1 rings (SSSR count). The van der Waals surface area contributed by atoms with Gasteiger partial charge in [0.25, 0.3) is 0 Å². The highest BCUT2D eigenvalue weighted by Crippen LogP contribution is 2.29. The van der Waals surface area contributed by atoms with E-state index in [9.17, 15) is 8.42 Å². The van der Waals surface area contributed by atoms with Gasteiger partial charge in [-0.15, -0.1) is 11.3 Å². The molecule has 1 heterocycles. The van der Waals surface area contributed by atoms with Gasteiger partial charge in [-0.3, -0.25) is 0 Å². The van der Waals surface area contributed by atoms with Crippen molar-refractivity contribution in [1.82, 2.24) is 9.62 Å². The van der Waals surface area contributed by atoms with Crippen molar-refractivity contribution in [1.29, 1.82) is 0 Å². The van der Waals surface area contributed by atoms with E-state index in [1.807, 2.05) is 26.3 Å². The normalized spacial score (nSPS) is 12.3. The van der Waals surface area contributed by atoms with Crippen LogP contribution in [0.25, 0.3) is 0 Å². The molecule has 0 aliphatic carbocycles. The highest BCUT2D eigenvalue weighted by atomic mass is 32.2. The Morgan fingerprint density at radius 2 is 2.05 bits per heavy atom. The maximum Gasteiger partial charge on any atom is 0.244 e. The van der Waals surface area contributed by atoms with Crippen LogP contribution in [0.3, 0.4) is 0 Å². The summed E-state index contributed by atoms with van der Waals surface area (Å²) in [5.41, 5.74) is 0.852. The third-order valence-electron chi connectivity index (χ3n) is 3.04. The fraction of sp³-hybridized carbons (Fsp3) is 0.692. The van der Waals surface area contributed by atoms with Crippen LogP contribution >= 0.6 is 11.3 Å². The molecule has 19 heavy (non-hydrogen) atoms. The van der Waals surface area contributed by atoms with Gasteiger partial charge in [0.2, 0.25) is 10.0 Å². The summed E-state index contributed by atoms with van der Waals surface area (Å²) >= 11 is 1.51. The highest BCUT2D eigenvalue weighted by molar-refractivity contribution is 7.89. The fourth-order valence-corrected chi connectivity index (χ4v) is 5.29. The Bertz CT molecular complexity index is 495. The van der Waals surface area contributed by atoms with E-state index in [-0.39, 0.29) is 0 Å². The summed E-state index contributed by atoms with van der Waals surface area (Å²) in [5, 5.41) is 4.96. The van der Waals surface area contributed by atoms with Crippen molar-refractivity contribution in [2.75, 3.05) is 20.1 Å². The third kappa shape index (κ3) is 3.78. The van der Waals surface area contributed by atoms with Gasteiger partial charge < -0.3 is 5.32 Å². The lowest BCUT2D eigenvalue weighted by atomic mass is 10.3. The molecule has 0 atom stereocenters. The van der Waals surface area contributed by atoms with Crippen LogP contribution < -0.4 is 5.32 Å². The molecule has 1 aromatic heterocycles. The van der Waals surface area contributed by atoms with Gasteiger partial charge in [-0.25, -0.2) is 8.42 Å². The largest absolute Gasteiger partial charge is 0.315 e. The first kappa shape index (κ1) is 16.6. The number of rotatable bonds is 8. The topological polar surface area (TPSA) is 49.4 Å². The molecule has 0 radical (unpaired) electrons. The van der Waals surface area contributed by atoms with Crippen LogP contribution in [0.4, 0.5) is 0 Å². The van der Waals surface area contributed by atoms with E-state index in [4.69, 9.17) is 0 Å². The average Bonchev–Trinajstić information content (AvgIpc) is 2.72. The molecule has 0 fully saturated rings. The van der Waals surface area contributed by atoms with Gasteiger partial charge in [0.05, 0.1) is 0 Å². The number of unbranched alkanes of at least 4 members (excludes halogenated alkanes) is 1. The smallest absolute Gasteiger partial charge is 0.244 e. The number of thiophene rings is 1. The van der Waals surface area contributed by atoms with Gasteiger partial charge in [0, 0.05) is 24.5 Å². The van der Waals surface area contributed by atoms with E-state index >= 15 is 0 Å². The molecule has 1 N–H and O–H groups in total. The maximum atomic E-state index is 12.8. The summed E-state index contributed by atoms with van der Waals surface area (Å²) in [6.45, 7) is 7.56. The van der Waals surface area contributed by atoms with Crippen molar-refractivity contribution in [3.05, 3.63) is 15.8 Å². The zero-order valence-corrected chi connectivity index (χ0v) is 13.8. The molecule has 0 unspecified atom stereocenters. The molecule has 4 nitrogen and oxygen atoms in total. The Labute approximate surface area is 120 Å². The van der Waals surface area contributed by atoms with E-state index in [1.165, 1.54) is 11.3 Å². The summed E-state index contributed by atoms with van der Waals surface area (Å²) in [6, 6.07) is 0. The summed E-state index contributed by atoms with van der Waals surface area (Å²) in [5.74, 6) is 0. The molecule has 0 amide bonds. The molecule has 1 aromatic rings. The summed E-state index contributed by atoms with van der Waals surface area (Å²) in [7, 11) is -1.53. The molecule has 0 aliphatic rings. The number of hydrogen-bond acceptors (Lipinski definition) is 4. The molecule has 0 bridgehead atoms. The Kier molecular flexibility index (Phi) is 6.46.